The SMILES string of the molecule is CC1(N)CN(S(=O)(=O)CS(C)(=O)=O)C1. The number of nitrogens with two attached hydrogens (primary N) is 1. The summed E-state index contributed by atoms with van der Waals surface area (Å²) in [6.45, 7) is 2.09. The lowest BCUT2D eigenvalue weighted by molar-refractivity contribution is 0.177. The third-order valence-electron chi connectivity index (χ3n) is 1.83. The highest BCUT2D eigenvalue weighted by Crippen LogP contribution is 2.21. The molecule has 84 valence electrons. The standard InChI is InChI=1S/C6H14N2O4S2/c1-6(7)3-8(4-6)14(11,12)5-13(2,9)10/h3-5,7H2,1-2H3. The lowest BCUT2D eigenvalue weighted by atomic mass is 9.97. The van der Waals surface area contributed by atoms with Crippen molar-refractivity contribution in [3.8, 4) is 0 Å². The van der Waals surface area contributed by atoms with E-state index in [0.29, 0.717) is 0 Å². The molecule has 1 aliphatic rings. The van der Waals surface area contributed by atoms with Gasteiger partial charge in [0.15, 0.2) is 14.9 Å². The molecule has 1 rings (SSSR count). The van der Waals surface area contributed by atoms with Crippen LogP contribution in [0, 0.1) is 0 Å². The number of nitrogens with zero attached hydrogens (tertiary/aromatic N) is 1. The van der Waals surface area contributed by atoms with Crippen molar-refractivity contribution in [2.24, 2.45) is 5.73 Å². The molecule has 0 aromatic rings. The number of hydrogen-bond acceptors (Lipinski definition) is 5. The van der Waals surface area contributed by atoms with E-state index in [2.05, 4.69) is 0 Å². The minimum Gasteiger partial charge on any atom is -0.323 e. The molecule has 0 spiro atoms. The summed E-state index contributed by atoms with van der Waals surface area (Å²) < 4.78 is 45.5. The van der Waals surface area contributed by atoms with Crippen LogP contribution in [0.2, 0.25) is 0 Å². The first-order chi connectivity index (χ1) is 6.02. The van der Waals surface area contributed by atoms with E-state index < -0.39 is 30.5 Å². The van der Waals surface area contributed by atoms with E-state index in [9.17, 15) is 16.8 Å². The number of hydrogen-bond donors (Lipinski definition) is 1. The third kappa shape index (κ3) is 2.91. The van der Waals surface area contributed by atoms with E-state index in [-0.39, 0.29) is 13.1 Å². The third-order valence-corrected chi connectivity index (χ3v) is 5.78. The molecular formula is C6H14N2O4S2. The Balaban J connectivity index is 2.71. The first-order valence-corrected chi connectivity index (χ1v) is 7.63. The number of rotatable bonds is 3. The van der Waals surface area contributed by atoms with Crippen molar-refractivity contribution in [3.05, 3.63) is 0 Å². The largest absolute Gasteiger partial charge is 0.323 e. The fourth-order valence-electron chi connectivity index (χ4n) is 1.30. The molecule has 14 heavy (non-hydrogen) atoms. The van der Waals surface area contributed by atoms with E-state index in [1.807, 2.05) is 0 Å². The highest BCUT2D eigenvalue weighted by molar-refractivity contribution is 8.06. The molecule has 8 heteroatoms. The van der Waals surface area contributed by atoms with Crippen molar-refractivity contribution < 1.29 is 16.8 Å². The van der Waals surface area contributed by atoms with E-state index in [1.54, 1.807) is 6.92 Å². The Kier molecular flexibility index (Phi) is 2.68. The lowest BCUT2D eigenvalue weighted by Crippen LogP contribution is -2.67. The van der Waals surface area contributed by atoms with Crippen molar-refractivity contribution in [1.82, 2.24) is 4.31 Å². The Hall–Kier alpha value is -0.180. The van der Waals surface area contributed by atoms with Crippen LogP contribution in [0.3, 0.4) is 0 Å². The van der Waals surface area contributed by atoms with Crippen molar-refractivity contribution in [2.45, 2.75) is 12.5 Å². The molecule has 0 atom stereocenters. The molecule has 6 nitrogen and oxygen atoms in total. The average molecular weight is 242 g/mol. The normalized spacial score (nSPS) is 23.1. The second-order valence-electron chi connectivity index (χ2n) is 4.08. The van der Waals surface area contributed by atoms with Crippen LogP contribution < -0.4 is 5.73 Å². The zero-order valence-electron chi connectivity index (χ0n) is 8.10. The number of sulfonamides is 1. The maximum atomic E-state index is 11.4. The van der Waals surface area contributed by atoms with Crippen molar-refractivity contribution in [1.29, 1.82) is 0 Å². The van der Waals surface area contributed by atoms with Crippen LogP contribution in [0.4, 0.5) is 0 Å². The smallest absolute Gasteiger partial charge is 0.228 e. The van der Waals surface area contributed by atoms with Gasteiger partial charge in [0.05, 0.1) is 0 Å². The number of sulfone groups is 1. The van der Waals surface area contributed by atoms with Gasteiger partial charge in [-0.05, 0) is 6.92 Å². The summed E-state index contributed by atoms with van der Waals surface area (Å²) in [6, 6.07) is 0. The van der Waals surface area contributed by atoms with Crippen LogP contribution in [-0.2, 0) is 19.9 Å². The first kappa shape index (κ1) is 11.9. The van der Waals surface area contributed by atoms with Gasteiger partial charge in [-0.2, -0.15) is 4.31 Å². The summed E-state index contributed by atoms with van der Waals surface area (Å²) in [4.78, 5) is 0. The fourth-order valence-corrected chi connectivity index (χ4v) is 5.04. The molecule has 2 N–H and O–H groups in total. The minimum absolute atomic E-state index is 0.185. The van der Waals surface area contributed by atoms with Crippen molar-refractivity contribution >= 4 is 19.9 Å². The predicted octanol–water partition coefficient (Wildman–Crippen LogP) is -1.65. The first-order valence-electron chi connectivity index (χ1n) is 3.96. The summed E-state index contributed by atoms with van der Waals surface area (Å²) in [6.07, 6.45) is 0.895. The Bertz CT molecular complexity index is 415. The molecule has 1 aliphatic heterocycles. The Labute approximate surface area is 84.0 Å². The second kappa shape index (κ2) is 3.16. The molecular weight excluding hydrogens is 228 g/mol. The summed E-state index contributed by atoms with van der Waals surface area (Å²) in [5, 5.41) is -0.837. The zero-order valence-corrected chi connectivity index (χ0v) is 9.73. The van der Waals surface area contributed by atoms with E-state index >= 15 is 0 Å². The summed E-state index contributed by atoms with van der Waals surface area (Å²) in [5.41, 5.74) is 5.09. The Morgan fingerprint density at radius 2 is 1.71 bits per heavy atom. The van der Waals surface area contributed by atoms with Gasteiger partial charge in [-0.25, -0.2) is 16.8 Å². The molecule has 0 aliphatic carbocycles. The van der Waals surface area contributed by atoms with Gasteiger partial charge in [0.2, 0.25) is 10.0 Å². The van der Waals surface area contributed by atoms with Crippen molar-refractivity contribution in [2.75, 3.05) is 24.4 Å². The minimum atomic E-state index is -3.69. The maximum absolute atomic E-state index is 11.4. The van der Waals surface area contributed by atoms with Crippen LogP contribution in [0.5, 0.6) is 0 Å². The molecule has 0 aromatic heterocycles. The molecule has 0 amide bonds. The zero-order chi connectivity index (χ0) is 11.2. The van der Waals surface area contributed by atoms with Gasteiger partial charge < -0.3 is 5.73 Å². The summed E-state index contributed by atoms with van der Waals surface area (Å²) in [5.74, 6) is 0. The molecule has 1 heterocycles. The Morgan fingerprint density at radius 1 is 1.29 bits per heavy atom. The van der Waals surface area contributed by atoms with Crippen LogP contribution in [-0.4, -0.2) is 51.1 Å². The molecule has 0 aromatic carbocycles. The van der Waals surface area contributed by atoms with Crippen molar-refractivity contribution in [3.63, 3.8) is 0 Å². The van der Waals surface area contributed by atoms with Crippen LogP contribution in [0.1, 0.15) is 6.92 Å². The van der Waals surface area contributed by atoms with Gasteiger partial charge in [-0.15, -0.1) is 0 Å². The molecule has 1 saturated heterocycles. The van der Waals surface area contributed by atoms with E-state index in [1.165, 1.54) is 0 Å². The molecule has 1 fully saturated rings. The summed E-state index contributed by atoms with van der Waals surface area (Å²) in [7, 11) is -7.20. The van der Waals surface area contributed by atoms with E-state index in [0.717, 1.165) is 10.6 Å². The molecule has 0 saturated carbocycles. The maximum Gasteiger partial charge on any atom is 0.228 e. The van der Waals surface area contributed by atoms with E-state index in [4.69, 9.17) is 5.73 Å². The van der Waals surface area contributed by atoms with Crippen LogP contribution >= 0.6 is 0 Å². The quantitative estimate of drug-likeness (QED) is 0.639. The fraction of sp³-hybridized carbons (Fsp3) is 1.00. The van der Waals surface area contributed by atoms with Gasteiger partial charge in [0.1, 0.15) is 0 Å². The highest BCUT2D eigenvalue weighted by Gasteiger charge is 2.42. The van der Waals surface area contributed by atoms with Crippen LogP contribution in [0.15, 0.2) is 0 Å². The van der Waals surface area contributed by atoms with Gasteiger partial charge in [0.25, 0.3) is 0 Å². The summed E-state index contributed by atoms with van der Waals surface area (Å²) >= 11 is 0. The van der Waals surface area contributed by atoms with Crippen LogP contribution in [0.25, 0.3) is 0 Å². The predicted molar refractivity (Wildman–Crippen MR) is 52.8 cm³/mol. The van der Waals surface area contributed by atoms with Gasteiger partial charge in [0, 0.05) is 24.9 Å². The second-order valence-corrected chi connectivity index (χ2v) is 8.55. The molecule has 0 unspecified atom stereocenters. The Morgan fingerprint density at radius 3 is 2.00 bits per heavy atom. The average Bonchev–Trinajstić information content (AvgIpc) is 1.76. The molecule has 0 bridgehead atoms. The van der Waals surface area contributed by atoms with Gasteiger partial charge in [-0.1, -0.05) is 0 Å². The van der Waals surface area contributed by atoms with Gasteiger partial charge in [-0.3, -0.25) is 0 Å². The molecule has 0 radical (unpaired) electrons. The topological polar surface area (TPSA) is 97.5 Å². The lowest BCUT2D eigenvalue weighted by Gasteiger charge is -2.43. The highest BCUT2D eigenvalue weighted by atomic mass is 32.3. The van der Waals surface area contributed by atoms with Gasteiger partial charge >= 0.3 is 0 Å². The monoisotopic (exact) mass is 242 g/mol.